The van der Waals surface area contributed by atoms with E-state index in [4.69, 9.17) is 16.3 Å². The topological polar surface area (TPSA) is 51.5 Å². The van der Waals surface area contributed by atoms with Gasteiger partial charge in [0.05, 0.1) is 18.3 Å². The van der Waals surface area contributed by atoms with Gasteiger partial charge in [0.25, 0.3) is 0 Å². The second-order valence-corrected chi connectivity index (χ2v) is 8.79. The number of nitrogens with zero attached hydrogens (tertiary/aromatic N) is 1. The van der Waals surface area contributed by atoms with Crippen LogP contribution in [0.3, 0.4) is 0 Å². The predicted molar refractivity (Wildman–Crippen MR) is 117 cm³/mol. The molecule has 4 nitrogen and oxygen atoms in total. The highest BCUT2D eigenvalue weighted by atomic mass is 35.5. The molecule has 1 aliphatic rings. The first-order chi connectivity index (χ1) is 13.9. The lowest BCUT2D eigenvalue weighted by Gasteiger charge is -2.31. The van der Waals surface area contributed by atoms with Gasteiger partial charge in [-0.1, -0.05) is 23.7 Å². The maximum Gasteiger partial charge on any atom is 0.339 e. The highest BCUT2D eigenvalue weighted by Crippen LogP contribution is 2.40. The van der Waals surface area contributed by atoms with Gasteiger partial charge in [0.2, 0.25) is 0 Å². The number of benzene rings is 1. The van der Waals surface area contributed by atoms with E-state index >= 15 is 0 Å². The zero-order valence-electron chi connectivity index (χ0n) is 17.6. The minimum absolute atomic E-state index is 0.0734. The molecule has 0 bridgehead atoms. The van der Waals surface area contributed by atoms with Crippen molar-refractivity contribution >= 4 is 17.6 Å². The maximum absolute atomic E-state index is 12.7. The van der Waals surface area contributed by atoms with Crippen LogP contribution in [-0.4, -0.2) is 28.4 Å². The summed E-state index contributed by atoms with van der Waals surface area (Å²) in [6.07, 6.45) is 6.51. The SMILES string of the molecule is CCOC(=O)c1ccn(C(C)C)c1C(CC1CCC(O)CC1)c1ccc(Cl)cc1. The molecule has 1 fully saturated rings. The van der Waals surface area contributed by atoms with Gasteiger partial charge >= 0.3 is 5.97 Å². The smallest absolute Gasteiger partial charge is 0.339 e. The first-order valence-corrected chi connectivity index (χ1v) is 11.1. The molecule has 1 unspecified atom stereocenters. The standard InChI is InChI=1S/C24H32ClNO3/c1-4-29-24(28)21-13-14-26(16(2)3)23(21)22(18-7-9-19(25)10-8-18)15-17-5-11-20(27)12-6-17/h7-10,13-14,16-17,20,22,27H,4-6,11-12,15H2,1-3H3. The average Bonchev–Trinajstić information content (AvgIpc) is 3.14. The van der Waals surface area contributed by atoms with E-state index in [2.05, 4.69) is 30.5 Å². The molecule has 5 heteroatoms. The van der Waals surface area contributed by atoms with E-state index in [0.29, 0.717) is 23.1 Å². The fourth-order valence-corrected chi connectivity index (χ4v) is 4.60. The fourth-order valence-electron chi connectivity index (χ4n) is 4.47. The number of halogens is 1. The minimum Gasteiger partial charge on any atom is -0.462 e. The van der Waals surface area contributed by atoms with Crippen LogP contribution in [-0.2, 0) is 4.74 Å². The monoisotopic (exact) mass is 417 g/mol. The number of hydrogen-bond donors (Lipinski definition) is 1. The molecular formula is C24H32ClNO3. The lowest BCUT2D eigenvalue weighted by atomic mass is 9.78. The zero-order valence-corrected chi connectivity index (χ0v) is 18.4. The number of aromatic nitrogens is 1. The normalized spacial score (nSPS) is 20.6. The summed E-state index contributed by atoms with van der Waals surface area (Å²) in [7, 11) is 0. The quantitative estimate of drug-likeness (QED) is 0.564. The van der Waals surface area contributed by atoms with Crippen molar-refractivity contribution in [3.63, 3.8) is 0 Å². The number of carbonyl (C=O) groups is 1. The zero-order chi connectivity index (χ0) is 21.0. The molecule has 0 amide bonds. The molecular weight excluding hydrogens is 386 g/mol. The van der Waals surface area contributed by atoms with Crippen molar-refractivity contribution in [3.05, 3.63) is 58.4 Å². The Morgan fingerprint density at radius 3 is 2.41 bits per heavy atom. The van der Waals surface area contributed by atoms with Gasteiger partial charge in [-0.3, -0.25) is 0 Å². The van der Waals surface area contributed by atoms with E-state index in [1.807, 2.05) is 31.3 Å². The first-order valence-electron chi connectivity index (χ1n) is 10.7. The Bertz CT molecular complexity index is 804. The molecule has 1 heterocycles. The molecule has 1 N–H and O–H groups in total. The van der Waals surface area contributed by atoms with Crippen LogP contribution in [0.15, 0.2) is 36.5 Å². The summed E-state index contributed by atoms with van der Waals surface area (Å²) in [5, 5.41) is 10.6. The van der Waals surface area contributed by atoms with Crippen molar-refractivity contribution in [2.24, 2.45) is 5.92 Å². The predicted octanol–water partition coefficient (Wildman–Crippen LogP) is 5.97. The lowest BCUT2D eigenvalue weighted by Crippen LogP contribution is -2.22. The van der Waals surface area contributed by atoms with Crippen LogP contribution in [0.25, 0.3) is 0 Å². The third kappa shape index (κ3) is 5.23. The van der Waals surface area contributed by atoms with E-state index in [0.717, 1.165) is 43.4 Å². The number of esters is 1. The molecule has 0 spiro atoms. The second-order valence-electron chi connectivity index (χ2n) is 8.35. The van der Waals surface area contributed by atoms with Crippen LogP contribution < -0.4 is 0 Å². The van der Waals surface area contributed by atoms with Crippen molar-refractivity contribution in [3.8, 4) is 0 Å². The molecule has 1 atom stereocenters. The Morgan fingerprint density at radius 2 is 1.83 bits per heavy atom. The van der Waals surface area contributed by atoms with E-state index in [1.54, 1.807) is 0 Å². The minimum atomic E-state index is -0.264. The summed E-state index contributed by atoms with van der Waals surface area (Å²) in [4.78, 5) is 12.7. The van der Waals surface area contributed by atoms with Crippen molar-refractivity contribution in [2.75, 3.05) is 6.61 Å². The second kappa shape index (κ2) is 9.82. The highest BCUT2D eigenvalue weighted by molar-refractivity contribution is 6.30. The van der Waals surface area contributed by atoms with Crippen LogP contribution in [0.4, 0.5) is 0 Å². The van der Waals surface area contributed by atoms with Gasteiger partial charge in [0.15, 0.2) is 0 Å². The van der Waals surface area contributed by atoms with Gasteiger partial charge in [-0.25, -0.2) is 4.79 Å². The molecule has 0 saturated heterocycles. The van der Waals surface area contributed by atoms with E-state index in [9.17, 15) is 9.90 Å². The summed E-state index contributed by atoms with van der Waals surface area (Å²) in [6.45, 7) is 6.46. The number of hydrogen-bond acceptors (Lipinski definition) is 3. The van der Waals surface area contributed by atoms with Gasteiger partial charge in [0.1, 0.15) is 0 Å². The van der Waals surface area contributed by atoms with Crippen molar-refractivity contribution < 1.29 is 14.6 Å². The molecule has 0 aliphatic heterocycles. The van der Waals surface area contributed by atoms with Crippen LogP contribution in [0, 0.1) is 5.92 Å². The Labute approximate surface area is 178 Å². The molecule has 1 aromatic heterocycles. The Balaban J connectivity index is 2.04. The summed E-state index contributed by atoms with van der Waals surface area (Å²) in [6, 6.07) is 10.1. The molecule has 29 heavy (non-hydrogen) atoms. The third-order valence-electron chi connectivity index (χ3n) is 6.00. The fraction of sp³-hybridized carbons (Fsp3) is 0.542. The molecule has 0 radical (unpaired) electrons. The molecule has 3 rings (SSSR count). The lowest BCUT2D eigenvalue weighted by molar-refractivity contribution is 0.0524. The van der Waals surface area contributed by atoms with E-state index in [1.165, 1.54) is 0 Å². The summed E-state index contributed by atoms with van der Waals surface area (Å²) < 4.78 is 7.56. The van der Waals surface area contributed by atoms with Gasteiger partial charge in [-0.15, -0.1) is 0 Å². The average molecular weight is 418 g/mol. The number of aliphatic hydroxyl groups is 1. The summed E-state index contributed by atoms with van der Waals surface area (Å²) >= 11 is 6.15. The van der Waals surface area contributed by atoms with Crippen molar-refractivity contribution in [1.29, 1.82) is 0 Å². The largest absolute Gasteiger partial charge is 0.462 e. The number of carbonyl (C=O) groups excluding carboxylic acids is 1. The van der Waals surface area contributed by atoms with Gasteiger partial charge < -0.3 is 14.4 Å². The Hall–Kier alpha value is -1.78. The summed E-state index contributed by atoms with van der Waals surface area (Å²) in [5.41, 5.74) is 2.83. The highest BCUT2D eigenvalue weighted by Gasteiger charge is 2.30. The maximum atomic E-state index is 12.7. The van der Waals surface area contributed by atoms with Gasteiger partial charge in [-0.2, -0.15) is 0 Å². The molecule has 1 aliphatic carbocycles. The van der Waals surface area contributed by atoms with Crippen LogP contribution >= 0.6 is 11.6 Å². The van der Waals surface area contributed by atoms with Crippen molar-refractivity contribution in [1.82, 2.24) is 4.57 Å². The first kappa shape index (κ1) is 21.9. The van der Waals surface area contributed by atoms with Crippen LogP contribution in [0.5, 0.6) is 0 Å². The number of aliphatic hydroxyl groups excluding tert-OH is 1. The molecule has 2 aromatic rings. The van der Waals surface area contributed by atoms with Crippen LogP contribution in [0.1, 0.15) is 86.5 Å². The van der Waals surface area contributed by atoms with Crippen molar-refractivity contribution in [2.45, 2.75) is 70.9 Å². The third-order valence-corrected chi connectivity index (χ3v) is 6.25. The summed E-state index contributed by atoms with van der Waals surface area (Å²) in [5.74, 6) is 0.328. The Morgan fingerprint density at radius 1 is 1.17 bits per heavy atom. The van der Waals surface area contributed by atoms with Gasteiger partial charge in [0, 0.05) is 28.9 Å². The van der Waals surface area contributed by atoms with E-state index in [-0.39, 0.29) is 24.0 Å². The number of ether oxygens (including phenoxy) is 1. The number of rotatable bonds is 7. The molecule has 1 aromatic carbocycles. The molecule has 1 saturated carbocycles. The van der Waals surface area contributed by atoms with E-state index < -0.39 is 0 Å². The van der Waals surface area contributed by atoms with Gasteiger partial charge in [-0.05, 0) is 82.6 Å². The molecule has 158 valence electrons. The Kier molecular flexibility index (Phi) is 7.42. The van der Waals surface area contributed by atoms with Crippen LogP contribution in [0.2, 0.25) is 5.02 Å².